The average Bonchev–Trinajstić information content (AvgIpc) is 3.02. The van der Waals surface area contributed by atoms with Crippen molar-refractivity contribution in [1.82, 2.24) is 10.2 Å². The highest BCUT2D eigenvalue weighted by Gasteiger charge is 2.34. The quantitative estimate of drug-likeness (QED) is 0.664. The molecule has 0 radical (unpaired) electrons. The van der Waals surface area contributed by atoms with Crippen LogP contribution in [0.2, 0.25) is 10.0 Å². The lowest BCUT2D eigenvalue weighted by atomic mass is 9.94. The van der Waals surface area contributed by atoms with Crippen LogP contribution in [0.15, 0.2) is 45.7 Å². The summed E-state index contributed by atoms with van der Waals surface area (Å²) < 4.78 is 42.3. The van der Waals surface area contributed by atoms with Gasteiger partial charge in [-0.15, -0.1) is 4.40 Å². The maximum absolute atomic E-state index is 13.8. The Hall–Kier alpha value is -2.16. The number of carbonyl (C=O) groups is 1. The molecule has 1 atom stereocenters. The number of rotatable bonds is 3. The number of likely N-dealkylation sites (tertiary alicyclic amines) is 1. The van der Waals surface area contributed by atoms with Gasteiger partial charge >= 0.3 is 0 Å². The van der Waals surface area contributed by atoms with Gasteiger partial charge in [0, 0.05) is 29.6 Å². The van der Waals surface area contributed by atoms with Crippen LogP contribution in [-0.2, 0) is 14.8 Å². The third-order valence-electron chi connectivity index (χ3n) is 5.64. The number of nitrogens with zero attached hydrogens (tertiary/aromatic N) is 2. The largest absolute Gasteiger partial charge is 0.355 e. The lowest BCUT2D eigenvalue weighted by Gasteiger charge is -2.33. The van der Waals surface area contributed by atoms with Gasteiger partial charge in [-0.05, 0) is 49.6 Å². The Kier molecular flexibility index (Phi) is 5.98. The summed E-state index contributed by atoms with van der Waals surface area (Å²) in [4.78, 5) is 14.9. The van der Waals surface area contributed by atoms with Gasteiger partial charge in [0.15, 0.2) is 5.84 Å². The first-order valence-electron chi connectivity index (χ1n) is 9.81. The monoisotopic (exact) mass is 483 g/mol. The van der Waals surface area contributed by atoms with Crippen LogP contribution in [-0.4, -0.2) is 38.2 Å². The summed E-state index contributed by atoms with van der Waals surface area (Å²) in [5.41, 5.74) is 1.05. The van der Waals surface area contributed by atoms with Crippen molar-refractivity contribution in [2.75, 3.05) is 13.1 Å². The van der Waals surface area contributed by atoms with Crippen molar-refractivity contribution < 1.29 is 17.6 Å². The van der Waals surface area contributed by atoms with Crippen molar-refractivity contribution in [3.05, 3.63) is 63.4 Å². The maximum Gasteiger partial charge on any atom is 0.285 e. The average molecular weight is 484 g/mol. The van der Waals surface area contributed by atoms with E-state index in [0.29, 0.717) is 42.9 Å². The fraction of sp³-hybridized carbons (Fsp3) is 0.333. The van der Waals surface area contributed by atoms with Crippen molar-refractivity contribution >= 4 is 45.0 Å². The van der Waals surface area contributed by atoms with E-state index in [1.54, 1.807) is 31.2 Å². The van der Waals surface area contributed by atoms with Gasteiger partial charge in [-0.3, -0.25) is 4.79 Å². The minimum absolute atomic E-state index is 0.0712. The standard InChI is InChI=1S/C21H20Cl2FN3O3S/c1-12(15-10-18(24)17(23)11-16(15)22)25-21(28)13-6-8-27(9-7-13)20-14-4-2-3-5-19(14)31(29,30)26-20/h2-5,10-13H,6-9H2,1H3,(H,25,28)/t12-/m1/s1. The number of benzene rings is 2. The molecule has 2 aromatic carbocycles. The molecule has 1 amide bonds. The molecule has 10 heteroatoms. The molecule has 1 N–H and O–H groups in total. The van der Waals surface area contributed by atoms with Gasteiger partial charge in [0.1, 0.15) is 10.7 Å². The van der Waals surface area contributed by atoms with Crippen LogP contribution in [0.5, 0.6) is 0 Å². The summed E-state index contributed by atoms with van der Waals surface area (Å²) >= 11 is 11.9. The topological polar surface area (TPSA) is 78.8 Å². The van der Waals surface area contributed by atoms with Crippen LogP contribution in [0.25, 0.3) is 0 Å². The van der Waals surface area contributed by atoms with Crippen molar-refractivity contribution in [1.29, 1.82) is 0 Å². The van der Waals surface area contributed by atoms with Crippen LogP contribution in [0.1, 0.15) is 36.9 Å². The predicted octanol–water partition coefficient (Wildman–Crippen LogP) is 4.17. The fourth-order valence-corrected chi connectivity index (χ4v) is 5.72. The van der Waals surface area contributed by atoms with Crippen molar-refractivity contribution in [3.63, 3.8) is 0 Å². The van der Waals surface area contributed by atoms with Crippen molar-refractivity contribution in [2.45, 2.75) is 30.7 Å². The van der Waals surface area contributed by atoms with Gasteiger partial charge in [0.05, 0.1) is 11.1 Å². The zero-order chi connectivity index (χ0) is 22.3. The molecule has 0 spiro atoms. The summed E-state index contributed by atoms with van der Waals surface area (Å²) in [6.45, 7) is 2.74. The number of hydrogen-bond acceptors (Lipinski definition) is 4. The molecular formula is C21H20Cl2FN3O3S. The number of halogens is 3. The van der Waals surface area contributed by atoms with Gasteiger partial charge in [0.2, 0.25) is 5.91 Å². The number of fused-ring (bicyclic) bond motifs is 1. The van der Waals surface area contributed by atoms with Crippen LogP contribution in [0, 0.1) is 11.7 Å². The van der Waals surface area contributed by atoms with Crippen molar-refractivity contribution in [3.8, 4) is 0 Å². The van der Waals surface area contributed by atoms with E-state index in [2.05, 4.69) is 9.71 Å². The molecule has 2 aliphatic rings. The SMILES string of the molecule is C[C@@H](NC(=O)C1CCN(C2=NS(=O)(=O)c3ccccc32)CC1)c1cc(F)c(Cl)cc1Cl. The van der Waals surface area contributed by atoms with Crippen LogP contribution >= 0.6 is 23.2 Å². The Morgan fingerprint density at radius 1 is 1.19 bits per heavy atom. The molecule has 4 rings (SSSR count). The smallest absolute Gasteiger partial charge is 0.285 e. The third-order valence-corrected chi connectivity index (χ3v) is 7.58. The van der Waals surface area contributed by atoms with E-state index in [1.165, 1.54) is 12.1 Å². The second-order valence-corrected chi connectivity index (χ2v) is 10.1. The van der Waals surface area contributed by atoms with E-state index in [4.69, 9.17) is 23.2 Å². The fourth-order valence-electron chi connectivity index (χ4n) is 3.95. The van der Waals surface area contributed by atoms with E-state index in [9.17, 15) is 17.6 Å². The highest BCUT2D eigenvalue weighted by molar-refractivity contribution is 7.90. The Bertz CT molecular complexity index is 1180. The predicted molar refractivity (Wildman–Crippen MR) is 117 cm³/mol. The highest BCUT2D eigenvalue weighted by atomic mass is 35.5. The van der Waals surface area contributed by atoms with E-state index < -0.39 is 21.9 Å². The number of sulfonamides is 1. The van der Waals surface area contributed by atoms with Gasteiger partial charge in [0.25, 0.3) is 10.0 Å². The van der Waals surface area contributed by atoms with E-state index in [1.807, 2.05) is 4.90 Å². The molecule has 2 aromatic rings. The molecule has 0 aliphatic carbocycles. The zero-order valence-electron chi connectivity index (χ0n) is 16.6. The first-order valence-corrected chi connectivity index (χ1v) is 12.0. The Morgan fingerprint density at radius 3 is 2.58 bits per heavy atom. The lowest BCUT2D eigenvalue weighted by Crippen LogP contribution is -2.43. The molecule has 0 saturated carbocycles. The Balaban J connectivity index is 1.41. The third kappa shape index (κ3) is 4.29. The van der Waals surface area contributed by atoms with Gasteiger partial charge in [-0.1, -0.05) is 35.3 Å². The van der Waals surface area contributed by atoms with Crippen LogP contribution < -0.4 is 5.32 Å². The summed E-state index contributed by atoms with van der Waals surface area (Å²) in [5.74, 6) is -0.558. The molecule has 0 aromatic heterocycles. The summed E-state index contributed by atoms with van der Waals surface area (Å²) in [7, 11) is -3.68. The van der Waals surface area contributed by atoms with Crippen LogP contribution in [0.3, 0.4) is 0 Å². The minimum Gasteiger partial charge on any atom is -0.355 e. The van der Waals surface area contributed by atoms with Gasteiger partial charge in [-0.25, -0.2) is 4.39 Å². The van der Waals surface area contributed by atoms with Crippen molar-refractivity contribution in [2.24, 2.45) is 10.3 Å². The number of carbonyl (C=O) groups excluding carboxylic acids is 1. The number of amidine groups is 1. The molecule has 164 valence electrons. The molecule has 6 nitrogen and oxygen atoms in total. The second kappa shape index (κ2) is 8.41. The molecule has 1 fully saturated rings. The number of piperidine rings is 1. The normalized spacial score (nSPS) is 19.0. The summed E-state index contributed by atoms with van der Waals surface area (Å²) in [5, 5.41) is 3.10. The first kappa shape index (κ1) is 22.0. The molecule has 0 bridgehead atoms. The number of nitrogens with one attached hydrogen (secondary N) is 1. The maximum atomic E-state index is 13.8. The van der Waals surface area contributed by atoms with E-state index >= 15 is 0 Å². The first-order chi connectivity index (χ1) is 14.7. The van der Waals surface area contributed by atoms with Gasteiger partial charge < -0.3 is 10.2 Å². The molecule has 31 heavy (non-hydrogen) atoms. The lowest BCUT2D eigenvalue weighted by molar-refractivity contribution is -0.126. The van der Waals surface area contributed by atoms with Gasteiger partial charge in [-0.2, -0.15) is 8.42 Å². The highest BCUT2D eigenvalue weighted by Crippen LogP contribution is 2.31. The second-order valence-electron chi connectivity index (χ2n) is 7.67. The zero-order valence-corrected chi connectivity index (χ0v) is 18.9. The van der Waals surface area contributed by atoms with E-state index in [0.717, 1.165) is 0 Å². The number of hydrogen-bond donors (Lipinski definition) is 1. The summed E-state index contributed by atoms with van der Waals surface area (Å²) in [6.07, 6.45) is 1.09. The molecular weight excluding hydrogens is 464 g/mol. The Morgan fingerprint density at radius 2 is 1.87 bits per heavy atom. The van der Waals surface area contributed by atoms with Crippen LogP contribution in [0.4, 0.5) is 4.39 Å². The number of amides is 1. The molecule has 1 saturated heterocycles. The molecule has 2 heterocycles. The Labute approximate surface area is 190 Å². The molecule has 2 aliphatic heterocycles. The van der Waals surface area contributed by atoms with E-state index in [-0.39, 0.29) is 26.8 Å². The molecule has 0 unspecified atom stereocenters. The minimum atomic E-state index is -3.68. The summed E-state index contributed by atoms with van der Waals surface area (Å²) in [6, 6.07) is 8.81.